The quantitative estimate of drug-likeness (QED) is 0.660. The summed E-state index contributed by atoms with van der Waals surface area (Å²) in [5.41, 5.74) is 2.27. The Balaban J connectivity index is 1.76. The predicted octanol–water partition coefficient (Wildman–Crippen LogP) is 2.65. The number of aromatic amines is 1. The summed E-state index contributed by atoms with van der Waals surface area (Å²) >= 11 is 0. The number of carbonyl (C=O) groups is 1. The van der Waals surface area contributed by atoms with E-state index in [0.717, 1.165) is 40.9 Å². The maximum absolute atomic E-state index is 12.2. The second kappa shape index (κ2) is 8.45. The standard InChI is InChI=1S/C24H27N7O2/c1-16-13-33-11-10-31(16)21-12-19(24(14-25)6-3-9-30(15-24)17(2)32)18-4-7-26-23(22(18)28-21)20-5-8-27-29-20/h4-5,7-8,12,16H,3,6,9-11,13,15H2,1-2H3,(H,27,29)/t16-,24?/m1/s1. The molecule has 3 aromatic rings. The Morgan fingerprint density at radius 1 is 1.33 bits per heavy atom. The molecule has 0 spiro atoms. The van der Waals surface area contributed by atoms with Crippen LogP contribution in [-0.2, 0) is 14.9 Å². The van der Waals surface area contributed by atoms with E-state index in [-0.39, 0.29) is 11.9 Å². The molecule has 2 fully saturated rings. The van der Waals surface area contributed by atoms with Crippen LogP contribution in [0, 0.1) is 11.3 Å². The summed E-state index contributed by atoms with van der Waals surface area (Å²) < 4.78 is 5.64. The minimum absolute atomic E-state index is 0.00507. The number of morpholine rings is 1. The zero-order valence-corrected chi connectivity index (χ0v) is 18.9. The first-order valence-corrected chi connectivity index (χ1v) is 11.3. The molecule has 1 amide bonds. The van der Waals surface area contributed by atoms with E-state index in [4.69, 9.17) is 9.72 Å². The third-order valence-corrected chi connectivity index (χ3v) is 6.80. The molecule has 5 heterocycles. The van der Waals surface area contributed by atoms with Gasteiger partial charge in [-0.3, -0.25) is 14.9 Å². The number of pyridine rings is 2. The summed E-state index contributed by atoms with van der Waals surface area (Å²) in [6.45, 7) is 6.70. The van der Waals surface area contributed by atoms with E-state index in [0.29, 0.717) is 38.4 Å². The second-order valence-corrected chi connectivity index (χ2v) is 8.91. The summed E-state index contributed by atoms with van der Waals surface area (Å²) in [5.74, 6) is 0.797. The predicted molar refractivity (Wildman–Crippen MR) is 124 cm³/mol. The number of likely N-dealkylation sites (tertiary alicyclic amines) is 1. The van der Waals surface area contributed by atoms with Gasteiger partial charge in [0.25, 0.3) is 0 Å². The van der Waals surface area contributed by atoms with Crippen molar-refractivity contribution in [3.63, 3.8) is 0 Å². The Kier molecular flexibility index (Phi) is 5.46. The maximum Gasteiger partial charge on any atom is 0.219 e. The van der Waals surface area contributed by atoms with Gasteiger partial charge in [0.1, 0.15) is 22.4 Å². The number of ether oxygens (including phenoxy) is 1. The van der Waals surface area contributed by atoms with E-state index in [1.54, 1.807) is 24.2 Å². The van der Waals surface area contributed by atoms with Crippen LogP contribution < -0.4 is 4.90 Å². The van der Waals surface area contributed by atoms with Gasteiger partial charge >= 0.3 is 0 Å². The van der Waals surface area contributed by atoms with Crippen molar-refractivity contribution >= 4 is 22.6 Å². The summed E-state index contributed by atoms with van der Waals surface area (Å²) in [6, 6.07) is 8.60. The van der Waals surface area contributed by atoms with E-state index in [9.17, 15) is 10.1 Å². The van der Waals surface area contributed by atoms with Crippen molar-refractivity contribution in [1.82, 2.24) is 25.1 Å². The third kappa shape index (κ3) is 3.70. The van der Waals surface area contributed by atoms with Crippen molar-refractivity contribution in [2.24, 2.45) is 0 Å². The SMILES string of the molecule is CC(=O)N1CCCC(C#N)(c2cc(N3CCOC[C@H]3C)nc3c(-c4ccn[nH]4)nccc23)C1. The van der Waals surface area contributed by atoms with Crippen molar-refractivity contribution in [3.05, 3.63) is 36.2 Å². The van der Waals surface area contributed by atoms with E-state index in [1.807, 2.05) is 18.2 Å². The average molecular weight is 446 g/mol. The number of amides is 1. The fourth-order valence-corrected chi connectivity index (χ4v) is 5.03. The van der Waals surface area contributed by atoms with Gasteiger partial charge in [0.05, 0.1) is 31.0 Å². The molecule has 3 aromatic heterocycles. The molecule has 2 aliphatic heterocycles. The van der Waals surface area contributed by atoms with Gasteiger partial charge in [0, 0.05) is 44.3 Å². The normalized spacial score (nSPS) is 23.5. The fourth-order valence-electron chi connectivity index (χ4n) is 5.03. The third-order valence-electron chi connectivity index (χ3n) is 6.80. The van der Waals surface area contributed by atoms with Gasteiger partial charge < -0.3 is 14.5 Å². The topological polar surface area (TPSA) is 111 Å². The Morgan fingerprint density at radius 3 is 2.94 bits per heavy atom. The number of piperidine rings is 1. The van der Waals surface area contributed by atoms with Crippen LogP contribution in [0.3, 0.4) is 0 Å². The lowest BCUT2D eigenvalue weighted by Crippen LogP contribution is -2.47. The number of nitrogens with zero attached hydrogens (tertiary/aromatic N) is 6. The van der Waals surface area contributed by atoms with Crippen LogP contribution >= 0.6 is 0 Å². The fraction of sp³-hybridized carbons (Fsp3) is 0.458. The number of H-pyrrole nitrogens is 1. The molecule has 9 heteroatoms. The highest BCUT2D eigenvalue weighted by Crippen LogP contribution is 2.40. The minimum Gasteiger partial charge on any atom is -0.377 e. The number of nitrogens with one attached hydrogen (secondary N) is 1. The molecule has 9 nitrogen and oxygen atoms in total. The van der Waals surface area contributed by atoms with Gasteiger partial charge in [-0.25, -0.2) is 4.98 Å². The van der Waals surface area contributed by atoms with Gasteiger partial charge in [-0.05, 0) is 43.5 Å². The molecule has 170 valence electrons. The molecule has 2 atom stereocenters. The molecule has 0 aromatic carbocycles. The maximum atomic E-state index is 12.2. The number of aromatic nitrogens is 4. The van der Waals surface area contributed by atoms with Crippen LogP contribution in [0.15, 0.2) is 30.6 Å². The lowest BCUT2D eigenvalue weighted by Gasteiger charge is -2.40. The lowest BCUT2D eigenvalue weighted by atomic mass is 9.74. The first kappa shape index (κ1) is 21.3. The molecule has 33 heavy (non-hydrogen) atoms. The van der Waals surface area contributed by atoms with Gasteiger partial charge in [-0.2, -0.15) is 10.4 Å². The highest BCUT2D eigenvalue weighted by molar-refractivity contribution is 5.94. The Hall–Kier alpha value is -3.51. The highest BCUT2D eigenvalue weighted by atomic mass is 16.5. The van der Waals surface area contributed by atoms with Crippen LogP contribution in [-0.4, -0.2) is 69.9 Å². The van der Waals surface area contributed by atoms with E-state index in [1.165, 1.54) is 0 Å². The summed E-state index contributed by atoms with van der Waals surface area (Å²) in [4.78, 5) is 25.9. The molecule has 0 bridgehead atoms. The molecule has 1 unspecified atom stereocenters. The van der Waals surface area contributed by atoms with Crippen LogP contribution in [0.25, 0.3) is 22.3 Å². The number of anilines is 1. The van der Waals surface area contributed by atoms with Crippen molar-refractivity contribution in [3.8, 4) is 17.5 Å². The Labute approximate surface area is 192 Å². The van der Waals surface area contributed by atoms with Gasteiger partial charge in [0.15, 0.2) is 0 Å². The smallest absolute Gasteiger partial charge is 0.219 e. The largest absolute Gasteiger partial charge is 0.377 e. The molecule has 2 aliphatic rings. The van der Waals surface area contributed by atoms with Crippen molar-refractivity contribution < 1.29 is 9.53 Å². The molecule has 2 saturated heterocycles. The van der Waals surface area contributed by atoms with E-state index in [2.05, 4.69) is 33.1 Å². The summed E-state index contributed by atoms with van der Waals surface area (Å²) in [7, 11) is 0. The monoisotopic (exact) mass is 445 g/mol. The number of rotatable bonds is 3. The van der Waals surface area contributed by atoms with Gasteiger partial charge in [-0.1, -0.05) is 0 Å². The molecule has 5 rings (SSSR count). The van der Waals surface area contributed by atoms with Crippen LogP contribution in [0.5, 0.6) is 0 Å². The molecule has 0 radical (unpaired) electrons. The first-order chi connectivity index (χ1) is 16.0. The van der Waals surface area contributed by atoms with Gasteiger partial charge in [-0.15, -0.1) is 0 Å². The van der Waals surface area contributed by atoms with Crippen molar-refractivity contribution in [2.75, 3.05) is 37.7 Å². The van der Waals surface area contributed by atoms with Gasteiger partial charge in [0.2, 0.25) is 5.91 Å². The molecular formula is C24H27N7O2. The number of nitriles is 1. The first-order valence-electron chi connectivity index (χ1n) is 11.3. The summed E-state index contributed by atoms with van der Waals surface area (Å²) in [5, 5.41) is 18.4. The molecular weight excluding hydrogens is 418 g/mol. The van der Waals surface area contributed by atoms with E-state index < -0.39 is 5.41 Å². The van der Waals surface area contributed by atoms with Crippen molar-refractivity contribution in [2.45, 2.75) is 38.1 Å². The van der Waals surface area contributed by atoms with Crippen LogP contribution in [0.1, 0.15) is 32.3 Å². The van der Waals surface area contributed by atoms with Crippen LogP contribution in [0.2, 0.25) is 0 Å². The zero-order valence-electron chi connectivity index (χ0n) is 18.9. The van der Waals surface area contributed by atoms with Crippen LogP contribution in [0.4, 0.5) is 5.82 Å². The second-order valence-electron chi connectivity index (χ2n) is 8.91. The molecule has 1 N–H and O–H groups in total. The number of carbonyl (C=O) groups excluding carboxylic acids is 1. The Bertz CT molecular complexity index is 1220. The van der Waals surface area contributed by atoms with E-state index >= 15 is 0 Å². The number of hydrogen-bond donors (Lipinski definition) is 1. The van der Waals surface area contributed by atoms with Crippen molar-refractivity contribution in [1.29, 1.82) is 5.26 Å². The average Bonchev–Trinajstić information content (AvgIpc) is 3.38. The zero-order chi connectivity index (χ0) is 23.0. The minimum atomic E-state index is -0.817. The molecule has 0 saturated carbocycles. The highest BCUT2D eigenvalue weighted by Gasteiger charge is 2.40. The summed E-state index contributed by atoms with van der Waals surface area (Å²) in [6.07, 6.45) is 4.90. The Morgan fingerprint density at radius 2 is 2.21 bits per heavy atom. The molecule has 0 aliphatic carbocycles. The number of fused-ring (bicyclic) bond motifs is 1. The lowest BCUT2D eigenvalue weighted by molar-refractivity contribution is -0.130. The number of hydrogen-bond acceptors (Lipinski definition) is 7.